The molecule has 196 valence electrons. The Balaban J connectivity index is 2.22. The van der Waals surface area contributed by atoms with Gasteiger partial charge in [-0.1, -0.05) is 11.6 Å². The third-order valence-electron chi connectivity index (χ3n) is 5.64. The van der Waals surface area contributed by atoms with Crippen LogP contribution in [-0.4, -0.2) is 56.3 Å². The molecule has 0 atom stereocenters. The maximum absolute atomic E-state index is 11.6. The van der Waals surface area contributed by atoms with Crippen molar-refractivity contribution in [3.05, 3.63) is 53.6 Å². The highest BCUT2D eigenvalue weighted by Gasteiger charge is 2.27. The van der Waals surface area contributed by atoms with Gasteiger partial charge in [-0.25, -0.2) is 4.79 Å². The van der Waals surface area contributed by atoms with Gasteiger partial charge in [0.25, 0.3) is 0 Å². The van der Waals surface area contributed by atoms with Crippen LogP contribution in [0.5, 0.6) is 40.2 Å². The van der Waals surface area contributed by atoms with Gasteiger partial charge in [0, 0.05) is 5.56 Å². The minimum atomic E-state index is -1.15. The molecule has 0 saturated heterocycles. The molecule has 0 amide bonds. The molecule has 0 saturated carbocycles. The number of hydrogen-bond donors (Lipinski definition) is 3. The van der Waals surface area contributed by atoms with Gasteiger partial charge in [0.05, 0.1) is 45.1 Å². The summed E-state index contributed by atoms with van der Waals surface area (Å²) in [5, 5.41) is 31.3. The van der Waals surface area contributed by atoms with Crippen LogP contribution in [0.15, 0.2) is 48.0 Å². The molecule has 0 aromatic heterocycles. The molecule has 3 aromatic rings. The van der Waals surface area contributed by atoms with E-state index in [2.05, 4.69) is 0 Å². The maximum Gasteiger partial charge on any atom is 0.335 e. The summed E-state index contributed by atoms with van der Waals surface area (Å²) in [5.41, 5.74) is 2.48. The van der Waals surface area contributed by atoms with Crippen LogP contribution in [0.4, 0.5) is 0 Å². The molecule has 0 aliphatic carbocycles. The third-order valence-corrected chi connectivity index (χ3v) is 5.64. The first-order valence-corrected chi connectivity index (χ1v) is 11.2. The molecule has 9 heteroatoms. The van der Waals surface area contributed by atoms with E-state index < -0.39 is 5.97 Å². The standard InChI is InChI=1S/C28H30O9/c1-15(2)9-10-37-20-8-7-16(11-19(20)29)24-23(35-5)14-18(27(36-6)26(24)30)25-21(33-3)12-17(28(31)32)13-22(25)34-4/h7-9,11-14,29-30H,10H2,1-6H3,(H,31,32). The van der Waals surface area contributed by atoms with Crippen molar-refractivity contribution < 1.29 is 43.8 Å². The van der Waals surface area contributed by atoms with Crippen molar-refractivity contribution in [2.75, 3.05) is 35.0 Å². The molecule has 3 N–H and O–H groups in total. The summed E-state index contributed by atoms with van der Waals surface area (Å²) >= 11 is 0. The van der Waals surface area contributed by atoms with Gasteiger partial charge in [0.15, 0.2) is 23.0 Å². The molecule has 3 aromatic carbocycles. The van der Waals surface area contributed by atoms with E-state index in [0.29, 0.717) is 23.3 Å². The predicted octanol–water partition coefficient (Wildman–Crippen LogP) is 5.51. The number of phenolic OH excluding ortho intramolecular Hbond substituents is 2. The lowest BCUT2D eigenvalue weighted by molar-refractivity contribution is 0.0696. The van der Waals surface area contributed by atoms with E-state index in [9.17, 15) is 20.1 Å². The average Bonchev–Trinajstić information content (AvgIpc) is 2.87. The van der Waals surface area contributed by atoms with Crippen molar-refractivity contribution >= 4 is 5.97 Å². The van der Waals surface area contributed by atoms with Gasteiger partial charge in [-0.3, -0.25) is 0 Å². The zero-order chi connectivity index (χ0) is 27.3. The minimum Gasteiger partial charge on any atom is -0.504 e. The Kier molecular flexibility index (Phi) is 8.39. The summed E-state index contributed by atoms with van der Waals surface area (Å²) in [6, 6.07) is 9.05. The Morgan fingerprint density at radius 1 is 0.811 bits per heavy atom. The number of carboxylic acid groups (broad SMARTS) is 1. The topological polar surface area (TPSA) is 124 Å². The van der Waals surface area contributed by atoms with Crippen LogP contribution >= 0.6 is 0 Å². The van der Waals surface area contributed by atoms with Crippen LogP contribution in [-0.2, 0) is 0 Å². The number of hydrogen-bond acceptors (Lipinski definition) is 8. The van der Waals surface area contributed by atoms with E-state index in [1.54, 1.807) is 18.2 Å². The molecule has 37 heavy (non-hydrogen) atoms. The highest BCUT2D eigenvalue weighted by Crippen LogP contribution is 2.53. The highest BCUT2D eigenvalue weighted by molar-refractivity contribution is 5.95. The first-order chi connectivity index (χ1) is 17.7. The summed E-state index contributed by atoms with van der Waals surface area (Å²) in [5.74, 6) is -0.524. The van der Waals surface area contributed by atoms with Crippen molar-refractivity contribution in [2.45, 2.75) is 13.8 Å². The molecular weight excluding hydrogens is 480 g/mol. The number of rotatable bonds is 10. The minimum absolute atomic E-state index is 0.0356. The lowest BCUT2D eigenvalue weighted by atomic mass is 9.94. The summed E-state index contributed by atoms with van der Waals surface area (Å²) in [6.45, 7) is 4.20. The van der Waals surface area contributed by atoms with Crippen LogP contribution in [0.2, 0.25) is 0 Å². The van der Waals surface area contributed by atoms with Crippen LogP contribution in [0.25, 0.3) is 22.3 Å². The highest BCUT2D eigenvalue weighted by atomic mass is 16.5. The van der Waals surface area contributed by atoms with Gasteiger partial charge in [-0.15, -0.1) is 0 Å². The molecule has 0 fully saturated rings. The zero-order valence-corrected chi connectivity index (χ0v) is 21.5. The number of ether oxygens (including phenoxy) is 5. The largest absolute Gasteiger partial charge is 0.504 e. The molecule has 0 bridgehead atoms. The average molecular weight is 511 g/mol. The fraction of sp³-hybridized carbons (Fsp3) is 0.250. The molecule has 9 nitrogen and oxygen atoms in total. The Hall–Kier alpha value is -4.53. The Bertz CT molecular complexity index is 1310. The van der Waals surface area contributed by atoms with Gasteiger partial charge in [0.2, 0.25) is 0 Å². The van der Waals surface area contributed by atoms with Crippen LogP contribution in [0, 0.1) is 0 Å². The molecule has 0 aliphatic heterocycles. The number of phenols is 2. The van der Waals surface area contributed by atoms with Crippen LogP contribution in [0.3, 0.4) is 0 Å². The second-order valence-electron chi connectivity index (χ2n) is 8.22. The van der Waals surface area contributed by atoms with Crippen molar-refractivity contribution in [1.82, 2.24) is 0 Å². The second kappa shape index (κ2) is 11.5. The molecule has 0 spiro atoms. The molecule has 0 radical (unpaired) electrons. The number of aromatic carboxylic acids is 1. The Morgan fingerprint density at radius 3 is 1.89 bits per heavy atom. The molecule has 0 unspecified atom stereocenters. The molecule has 0 heterocycles. The van der Waals surface area contributed by atoms with E-state index in [0.717, 1.165) is 5.57 Å². The van der Waals surface area contributed by atoms with Crippen molar-refractivity contribution in [2.24, 2.45) is 0 Å². The predicted molar refractivity (Wildman–Crippen MR) is 139 cm³/mol. The number of methoxy groups -OCH3 is 4. The Labute approximate surface area is 215 Å². The molecule has 3 rings (SSSR count). The maximum atomic E-state index is 11.6. The van der Waals surface area contributed by atoms with Crippen molar-refractivity contribution in [1.29, 1.82) is 0 Å². The van der Waals surface area contributed by atoms with E-state index in [-0.39, 0.29) is 51.4 Å². The first-order valence-electron chi connectivity index (χ1n) is 11.2. The molecular formula is C28H30O9. The third kappa shape index (κ3) is 5.50. The van der Waals surface area contributed by atoms with E-state index in [1.165, 1.54) is 46.6 Å². The van der Waals surface area contributed by atoms with Gasteiger partial charge in [0.1, 0.15) is 23.9 Å². The first kappa shape index (κ1) is 27.1. The summed E-state index contributed by atoms with van der Waals surface area (Å²) in [7, 11) is 5.61. The van der Waals surface area contributed by atoms with E-state index >= 15 is 0 Å². The monoisotopic (exact) mass is 510 g/mol. The zero-order valence-electron chi connectivity index (χ0n) is 21.5. The van der Waals surface area contributed by atoms with Crippen LogP contribution in [0.1, 0.15) is 24.2 Å². The normalized spacial score (nSPS) is 10.4. The number of benzene rings is 3. The van der Waals surface area contributed by atoms with Gasteiger partial charge < -0.3 is 39.0 Å². The smallest absolute Gasteiger partial charge is 0.335 e. The number of allylic oxidation sites excluding steroid dienone is 1. The van der Waals surface area contributed by atoms with Gasteiger partial charge >= 0.3 is 5.97 Å². The summed E-state index contributed by atoms with van der Waals surface area (Å²) in [6.07, 6.45) is 1.89. The second-order valence-corrected chi connectivity index (χ2v) is 8.22. The quantitative estimate of drug-likeness (QED) is 0.303. The number of aromatic hydroxyl groups is 2. The summed E-state index contributed by atoms with van der Waals surface area (Å²) in [4.78, 5) is 11.6. The van der Waals surface area contributed by atoms with Gasteiger partial charge in [-0.2, -0.15) is 0 Å². The molecule has 0 aliphatic rings. The van der Waals surface area contributed by atoms with Crippen LogP contribution < -0.4 is 23.7 Å². The number of carboxylic acids is 1. The Morgan fingerprint density at radius 2 is 1.41 bits per heavy atom. The van der Waals surface area contributed by atoms with Crippen molar-refractivity contribution in [3.63, 3.8) is 0 Å². The number of carbonyl (C=O) groups is 1. The fourth-order valence-electron chi connectivity index (χ4n) is 3.85. The lowest BCUT2D eigenvalue weighted by Crippen LogP contribution is -2.02. The van der Waals surface area contributed by atoms with Gasteiger partial charge in [-0.05, 0) is 55.8 Å². The van der Waals surface area contributed by atoms with E-state index in [1.807, 2.05) is 19.9 Å². The SMILES string of the molecule is COc1cc(C(=O)O)cc(OC)c1-c1cc(OC)c(-c2ccc(OCC=C(C)C)c(O)c2)c(O)c1OC. The fourth-order valence-corrected chi connectivity index (χ4v) is 3.85. The van der Waals surface area contributed by atoms with Crippen molar-refractivity contribution in [3.8, 4) is 62.5 Å². The summed E-state index contributed by atoms with van der Waals surface area (Å²) < 4.78 is 27.7. The lowest BCUT2D eigenvalue weighted by Gasteiger charge is -2.21. The van der Waals surface area contributed by atoms with E-state index in [4.69, 9.17) is 23.7 Å².